The van der Waals surface area contributed by atoms with Crippen molar-refractivity contribution in [3.05, 3.63) is 130 Å². The van der Waals surface area contributed by atoms with Gasteiger partial charge < -0.3 is 4.90 Å². The van der Waals surface area contributed by atoms with Crippen LogP contribution in [0, 0.1) is 0 Å². The Balaban J connectivity index is 1.47. The fraction of sp³-hybridized carbons (Fsp3) is 0.0588. The summed E-state index contributed by atoms with van der Waals surface area (Å²) in [6, 6.07) is 22.6. The maximum atomic E-state index is 13.8. The second-order valence-electron chi connectivity index (χ2n) is 10.3. The van der Waals surface area contributed by atoms with Crippen molar-refractivity contribution in [1.29, 1.82) is 0 Å². The smallest absolute Gasteiger partial charge is 0.309 e. The van der Waals surface area contributed by atoms with Crippen LogP contribution >= 0.6 is 0 Å². The Morgan fingerprint density at radius 3 is 1.77 bits per heavy atom. The average Bonchev–Trinajstić information content (AvgIpc) is 3.22. The number of nitrogens with zero attached hydrogens (tertiary/aromatic N) is 1. The fourth-order valence-electron chi connectivity index (χ4n) is 5.84. The lowest BCUT2D eigenvalue weighted by atomic mass is 9.87. The van der Waals surface area contributed by atoms with Crippen LogP contribution in [0.25, 0.3) is 28.0 Å². The van der Waals surface area contributed by atoms with E-state index in [0.717, 1.165) is 24.3 Å². The van der Waals surface area contributed by atoms with Gasteiger partial charge in [0.15, 0.2) is 11.6 Å². The molecule has 0 N–H and O–H groups in total. The Labute approximate surface area is 240 Å². The van der Waals surface area contributed by atoms with Gasteiger partial charge in [0.25, 0.3) is 0 Å². The van der Waals surface area contributed by atoms with Crippen molar-refractivity contribution in [2.75, 3.05) is 4.90 Å². The molecule has 3 nitrogen and oxygen atoms in total. The molecule has 0 atom stereocenters. The molecule has 0 fully saturated rings. The number of anilines is 3. The van der Waals surface area contributed by atoms with Gasteiger partial charge in [-0.3, -0.25) is 9.59 Å². The number of halogens is 6. The number of ketones is 2. The second-order valence-corrected chi connectivity index (χ2v) is 10.3. The van der Waals surface area contributed by atoms with Crippen LogP contribution in [0.4, 0.5) is 43.4 Å². The maximum absolute atomic E-state index is 13.8. The minimum absolute atomic E-state index is 0.0305. The lowest BCUT2D eigenvalue weighted by Crippen LogP contribution is -2.17. The Hall–Kier alpha value is -5.18. The van der Waals surface area contributed by atoms with Gasteiger partial charge in [0.05, 0.1) is 28.1 Å². The highest BCUT2D eigenvalue weighted by Gasteiger charge is 2.36. The van der Waals surface area contributed by atoms with Gasteiger partial charge in [-0.15, -0.1) is 0 Å². The number of benzene rings is 5. The van der Waals surface area contributed by atoms with Crippen LogP contribution in [0.1, 0.15) is 37.4 Å². The largest absolute Gasteiger partial charge is 0.416 e. The van der Waals surface area contributed by atoms with Gasteiger partial charge in [0.1, 0.15) is 0 Å². The molecule has 1 aliphatic carbocycles. The summed E-state index contributed by atoms with van der Waals surface area (Å²) in [5.41, 5.74) is 1.22. The second kappa shape index (κ2) is 9.16. The Morgan fingerprint density at radius 2 is 1.14 bits per heavy atom. The van der Waals surface area contributed by atoms with E-state index in [1.165, 1.54) is 24.3 Å². The van der Waals surface area contributed by atoms with Gasteiger partial charge in [-0.05, 0) is 71.1 Å². The van der Waals surface area contributed by atoms with Crippen molar-refractivity contribution in [3.8, 4) is 11.1 Å². The quantitative estimate of drug-likeness (QED) is 0.115. The van der Waals surface area contributed by atoms with Gasteiger partial charge in [0.2, 0.25) is 0 Å². The summed E-state index contributed by atoms with van der Waals surface area (Å²) in [5.74, 6) is -0.847. The number of carbonyl (C=O) groups excluding carboxylic acids is 2. The van der Waals surface area contributed by atoms with Crippen molar-refractivity contribution in [2.24, 2.45) is 0 Å². The molecule has 7 rings (SSSR count). The van der Waals surface area contributed by atoms with Gasteiger partial charge in [-0.1, -0.05) is 48.5 Å². The fourth-order valence-corrected chi connectivity index (χ4v) is 5.84. The topological polar surface area (TPSA) is 37.4 Å². The molecule has 2 aliphatic rings. The van der Waals surface area contributed by atoms with Crippen LogP contribution in [0.3, 0.4) is 0 Å². The third kappa shape index (κ3) is 4.14. The third-order valence-corrected chi connectivity index (χ3v) is 7.81. The zero-order valence-electron chi connectivity index (χ0n) is 21.8. The molecular weight excluding hydrogens is 568 g/mol. The number of rotatable bonds is 2. The van der Waals surface area contributed by atoms with E-state index in [0.29, 0.717) is 50.1 Å². The van der Waals surface area contributed by atoms with Gasteiger partial charge in [-0.25, -0.2) is 0 Å². The molecule has 5 aromatic rings. The summed E-state index contributed by atoms with van der Waals surface area (Å²) < 4.78 is 81.4. The zero-order valence-corrected chi connectivity index (χ0v) is 21.8. The Bertz CT molecular complexity index is 2000. The highest BCUT2D eigenvalue weighted by atomic mass is 19.4. The first-order chi connectivity index (χ1) is 20.4. The van der Waals surface area contributed by atoms with E-state index in [9.17, 15) is 35.9 Å². The summed E-state index contributed by atoms with van der Waals surface area (Å²) >= 11 is 0. The van der Waals surface area contributed by atoms with Crippen LogP contribution in [0.15, 0.2) is 103 Å². The van der Waals surface area contributed by atoms with Crippen LogP contribution in [0.2, 0.25) is 0 Å². The van der Waals surface area contributed by atoms with Crippen LogP contribution < -0.4 is 4.90 Å². The summed E-state index contributed by atoms with van der Waals surface area (Å²) in [7, 11) is 0. The molecule has 0 saturated heterocycles. The minimum atomic E-state index is -4.63. The van der Waals surface area contributed by atoms with E-state index in [-0.39, 0.29) is 11.1 Å². The first-order valence-electron chi connectivity index (χ1n) is 13.1. The molecule has 1 aliphatic heterocycles. The van der Waals surface area contributed by atoms with Gasteiger partial charge in [0, 0.05) is 27.8 Å². The monoisotopic (exact) mass is 585 g/mol. The molecule has 43 heavy (non-hydrogen) atoms. The molecule has 5 aromatic carbocycles. The molecule has 1 heterocycles. The van der Waals surface area contributed by atoms with Crippen LogP contribution in [0.5, 0.6) is 0 Å². The predicted molar refractivity (Wildman–Crippen MR) is 151 cm³/mol. The van der Waals surface area contributed by atoms with E-state index < -0.39 is 35.0 Å². The van der Waals surface area contributed by atoms with Gasteiger partial charge in [-0.2, -0.15) is 26.3 Å². The normalized spacial score (nSPS) is 14.3. The SMILES string of the molecule is O=C1C(=Cc2ccc3c4c(cccc24)-c2cc(C(F)(F)F)ccc2N3c2ccc(C(F)(F)F)cc2)C(=O)c2ccccc21. The molecule has 0 radical (unpaired) electrons. The van der Waals surface area contributed by atoms with E-state index in [1.807, 2.05) is 0 Å². The molecular formula is C34H17F6NO2. The number of allylic oxidation sites excluding steroid dienone is 1. The average molecular weight is 586 g/mol. The number of fused-ring (bicyclic) bond motifs is 3. The Kier molecular flexibility index (Phi) is 5.69. The number of alkyl halides is 6. The van der Waals surface area contributed by atoms with Crippen molar-refractivity contribution in [2.45, 2.75) is 12.4 Å². The standard InChI is InChI=1S/C34H17F6NO2/c35-33(36,37)19-9-12-21(13-10-19)41-28-15-11-20(34(38,39)40)17-26(28)23-7-3-6-22-18(8-14-29(41)30(22)23)16-27-31(42)24-4-1-2-5-25(24)32(27)43/h1-17H. The first-order valence-corrected chi connectivity index (χ1v) is 13.1. The molecule has 0 unspecified atom stereocenters. The third-order valence-electron chi connectivity index (χ3n) is 7.81. The first kappa shape index (κ1) is 26.7. The number of carbonyl (C=O) groups is 2. The molecule has 0 spiro atoms. The summed E-state index contributed by atoms with van der Waals surface area (Å²) in [6.45, 7) is 0. The summed E-state index contributed by atoms with van der Waals surface area (Å²) in [4.78, 5) is 27.8. The van der Waals surface area contributed by atoms with Crippen LogP contribution in [-0.4, -0.2) is 11.6 Å². The van der Waals surface area contributed by atoms with Gasteiger partial charge >= 0.3 is 12.4 Å². The molecule has 0 aromatic heterocycles. The maximum Gasteiger partial charge on any atom is 0.416 e. The van der Waals surface area contributed by atoms with Crippen molar-refractivity contribution in [3.63, 3.8) is 0 Å². The van der Waals surface area contributed by atoms with E-state index in [4.69, 9.17) is 0 Å². The van der Waals surface area contributed by atoms with E-state index >= 15 is 0 Å². The van der Waals surface area contributed by atoms with Crippen molar-refractivity contribution < 1.29 is 35.9 Å². The molecule has 9 heteroatoms. The highest BCUT2D eigenvalue weighted by molar-refractivity contribution is 6.41. The highest BCUT2D eigenvalue weighted by Crippen LogP contribution is 2.53. The van der Waals surface area contributed by atoms with Crippen molar-refractivity contribution >= 4 is 45.5 Å². The Morgan fingerprint density at radius 1 is 0.558 bits per heavy atom. The summed E-state index contributed by atoms with van der Waals surface area (Å²) in [5, 5.41) is 1.08. The molecule has 0 saturated carbocycles. The number of hydrogen-bond donors (Lipinski definition) is 0. The minimum Gasteiger partial charge on any atom is -0.309 e. The molecule has 0 amide bonds. The number of Topliss-reactive ketones (excluding diaryl/α,β-unsaturated/α-hetero) is 2. The van der Waals surface area contributed by atoms with Crippen molar-refractivity contribution in [1.82, 2.24) is 0 Å². The lowest BCUT2D eigenvalue weighted by Gasteiger charge is -2.34. The predicted octanol–water partition coefficient (Wildman–Crippen LogP) is 9.79. The molecule has 212 valence electrons. The zero-order chi connectivity index (χ0) is 30.3. The summed E-state index contributed by atoms with van der Waals surface area (Å²) in [6.07, 6.45) is -7.71. The lowest BCUT2D eigenvalue weighted by molar-refractivity contribution is -0.138. The number of hydrogen-bond acceptors (Lipinski definition) is 3. The van der Waals surface area contributed by atoms with E-state index in [1.54, 1.807) is 59.5 Å². The molecule has 0 bridgehead atoms. The van der Waals surface area contributed by atoms with E-state index in [2.05, 4.69) is 0 Å². The van der Waals surface area contributed by atoms with Crippen LogP contribution in [-0.2, 0) is 12.4 Å².